The van der Waals surface area contributed by atoms with Crippen LogP contribution in [0.3, 0.4) is 0 Å². The van der Waals surface area contributed by atoms with E-state index < -0.39 is 28.2 Å². The van der Waals surface area contributed by atoms with Crippen molar-refractivity contribution < 1.29 is 23.3 Å². The van der Waals surface area contributed by atoms with Crippen LogP contribution in [-0.4, -0.2) is 27.4 Å². The molecule has 2 aromatic carbocycles. The van der Waals surface area contributed by atoms with Crippen LogP contribution in [0.25, 0.3) is 0 Å². The maximum Gasteiger partial charge on any atom is 0.288 e. The number of nitro benzene ring substituents is 1. The van der Waals surface area contributed by atoms with Crippen LogP contribution in [0.4, 0.5) is 14.5 Å². The first-order valence-corrected chi connectivity index (χ1v) is 7.94. The van der Waals surface area contributed by atoms with E-state index in [0.717, 1.165) is 4.90 Å². The molecule has 0 aliphatic carbocycles. The summed E-state index contributed by atoms with van der Waals surface area (Å²) < 4.78 is 24.6. The summed E-state index contributed by atoms with van der Waals surface area (Å²) in [6, 6.07) is 9.88. The molecule has 0 spiro atoms. The number of rotatable bonds is 5. The minimum atomic E-state index is -2.54. The van der Waals surface area contributed by atoms with Crippen molar-refractivity contribution in [3.05, 3.63) is 69.3 Å². The molecule has 0 N–H and O–H groups in total. The summed E-state index contributed by atoms with van der Waals surface area (Å²) in [5.74, 6) is -3.89. The van der Waals surface area contributed by atoms with Crippen LogP contribution in [-0.2, 0) is 6.54 Å². The normalized spacial score (nSPS) is 13.5. The number of carbonyl (C=O) groups excluding carboxylic acids is 2. The Bertz CT molecular complexity index is 871. The lowest BCUT2D eigenvalue weighted by atomic mass is 10.1. The van der Waals surface area contributed by atoms with Crippen molar-refractivity contribution in [1.82, 2.24) is 4.90 Å². The van der Waals surface area contributed by atoms with Crippen molar-refractivity contribution in [1.29, 1.82) is 0 Å². The monoisotopic (exact) mass is 364 g/mol. The Labute approximate surface area is 144 Å². The van der Waals surface area contributed by atoms with Gasteiger partial charge in [-0.25, -0.2) is 0 Å². The molecule has 0 saturated heterocycles. The van der Waals surface area contributed by atoms with E-state index >= 15 is 0 Å². The van der Waals surface area contributed by atoms with Gasteiger partial charge in [0, 0.05) is 11.0 Å². The fourth-order valence-corrected chi connectivity index (χ4v) is 3.07. The molecular weight excluding hydrogens is 354 g/mol. The Morgan fingerprint density at radius 2 is 1.76 bits per heavy atom. The zero-order valence-electron chi connectivity index (χ0n) is 12.5. The lowest BCUT2D eigenvalue weighted by Crippen LogP contribution is -2.29. The van der Waals surface area contributed by atoms with E-state index in [-0.39, 0.29) is 17.7 Å². The highest BCUT2D eigenvalue weighted by Gasteiger charge is 2.40. The number of fused-ring (bicyclic) bond motifs is 1. The van der Waals surface area contributed by atoms with Gasteiger partial charge < -0.3 is 0 Å². The van der Waals surface area contributed by atoms with Gasteiger partial charge in [-0.2, -0.15) is 8.78 Å². The number of nitro groups is 1. The maximum atomic E-state index is 12.4. The van der Waals surface area contributed by atoms with Gasteiger partial charge in [-0.1, -0.05) is 30.0 Å². The van der Waals surface area contributed by atoms with E-state index in [0.29, 0.717) is 22.2 Å². The lowest BCUT2D eigenvalue weighted by molar-refractivity contribution is -0.385. The van der Waals surface area contributed by atoms with Gasteiger partial charge in [0.1, 0.15) is 5.56 Å². The number of carbonyl (C=O) groups is 2. The summed E-state index contributed by atoms with van der Waals surface area (Å²) in [5.41, 5.74) is -0.0933. The molecule has 1 aliphatic rings. The Hall–Kier alpha value is -2.81. The van der Waals surface area contributed by atoms with Gasteiger partial charge in [-0.05, 0) is 23.8 Å². The van der Waals surface area contributed by atoms with E-state index in [4.69, 9.17) is 0 Å². The molecule has 0 unspecified atom stereocenters. The van der Waals surface area contributed by atoms with E-state index in [1.165, 1.54) is 42.5 Å². The highest BCUT2D eigenvalue weighted by molar-refractivity contribution is 7.99. The van der Waals surface area contributed by atoms with Gasteiger partial charge in [0.25, 0.3) is 23.3 Å². The van der Waals surface area contributed by atoms with Crippen molar-refractivity contribution >= 4 is 29.3 Å². The smallest absolute Gasteiger partial charge is 0.270 e. The number of alkyl halides is 2. The van der Waals surface area contributed by atoms with Crippen LogP contribution in [0.1, 0.15) is 26.3 Å². The van der Waals surface area contributed by atoms with Crippen LogP contribution in [0.5, 0.6) is 0 Å². The molecular formula is C16H10F2N2O4S. The molecule has 0 saturated carbocycles. The van der Waals surface area contributed by atoms with Crippen LogP contribution in [0.15, 0.2) is 47.4 Å². The average Bonchev–Trinajstić information content (AvgIpc) is 2.81. The van der Waals surface area contributed by atoms with Crippen molar-refractivity contribution in [3.63, 3.8) is 0 Å². The SMILES string of the molecule is O=C1c2cccc([N+](=O)[O-])c2C(=O)N1Cc1ccc(SC(F)F)cc1. The molecule has 9 heteroatoms. The first kappa shape index (κ1) is 17.0. The van der Waals surface area contributed by atoms with Crippen molar-refractivity contribution in [3.8, 4) is 0 Å². The Kier molecular flexibility index (Phi) is 4.49. The number of halogens is 2. The van der Waals surface area contributed by atoms with Gasteiger partial charge in [0.15, 0.2) is 0 Å². The molecule has 0 radical (unpaired) electrons. The number of amides is 2. The average molecular weight is 364 g/mol. The fraction of sp³-hybridized carbons (Fsp3) is 0.125. The third kappa shape index (κ3) is 3.22. The quantitative estimate of drug-likeness (QED) is 0.350. The highest BCUT2D eigenvalue weighted by atomic mass is 32.2. The van der Waals surface area contributed by atoms with Crippen LogP contribution >= 0.6 is 11.8 Å². The third-order valence-electron chi connectivity index (χ3n) is 3.66. The summed E-state index contributed by atoms with van der Waals surface area (Å²) in [4.78, 5) is 36.5. The molecule has 128 valence electrons. The van der Waals surface area contributed by atoms with Crippen molar-refractivity contribution in [2.24, 2.45) is 0 Å². The molecule has 1 heterocycles. The molecule has 2 amide bonds. The number of hydrogen-bond acceptors (Lipinski definition) is 5. The summed E-state index contributed by atoms with van der Waals surface area (Å²) in [5, 5.41) is 11.1. The first-order valence-electron chi connectivity index (χ1n) is 7.06. The second kappa shape index (κ2) is 6.60. The molecule has 0 fully saturated rings. The summed E-state index contributed by atoms with van der Waals surface area (Å²) in [6.45, 7) is -0.0941. The van der Waals surface area contributed by atoms with Gasteiger partial charge in [-0.3, -0.25) is 24.6 Å². The molecule has 2 aromatic rings. The van der Waals surface area contributed by atoms with E-state index in [1.54, 1.807) is 0 Å². The van der Waals surface area contributed by atoms with Gasteiger partial charge in [0.2, 0.25) is 0 Å². The van der Waals surface area contributed by atoms with Gasteiger partial charge in [0.05, 0.1) is 17.0 Å². The number of imide groups is 1. The van der Waals surface area contributed by atoms with Crippen LogP contribution < -0.4 is 0 Å². The second-order valence-electron chi connectivity index (χ2n) is 5.18. The van der Waals surface area contributed by atoms with E-state index in [2.05, 4.69) is 0 Å². The topological polar surface area (TPSA) is 80.5 Å². The number of thioether (sulfide) groups is 1. The van der Waals surface area contributed by atoms with E-state index in [9.17, 15) is 28.5 Å². The summed E-state index contributed by atoms with van der Waals surface area (Å²) in [7, 11) is 0. The second-order valence-corrected chi connectivity index (χ2v) is 6.24. The first-order chi connectivity index (χ1) is 11.9. The van der Waals surface area contributed by atoms with Crippen LogP contribution in [0.2, 0.25) is 0 Å². The Balaban J connectivity index is 1.85. The molecule has 1 aliphatic heterocycles. The van der Waals surface area contributed by atoms with Crippen molar-refractivity contribution in [2.45, 2.75) is 17.2 Å². The molecule has 0 bridgehead atoms. The minimum absolute atomic E-state index is 0.0101. The highest BCUT2D eigenvalue weighted by Crippen LogP contribution is 2.32. The van der Waals surface area contributed by atoms with Gasteiger partial charge >= 0.3 is 0 Å². The Morgan fingerprint density at radius 3 is 2.36 bits per heavy atom. The molecule has 0 atom stereocenters. The maximum absolute atomic E-state index is 12.4. The fourth-order valence-electron chi connectivity index (χ4n) is 2.57. The van der Waals surface area contributed by atoms with Crippen LogP contribution in [0, 0.1) is 10.1 Å². The third-order valence-corrected chi connectivity index (χ3v) is 4.39. The number of hydrogen-bond donors (Lipinski definition) is 0. The van der Waals surface area contributed by atoms with Crippen molar-refractivity contribution in [2.75, 3.05) is 0 Å². The number of nitrogens with zero attached hydrogens (tertiary/aromatic N) is 2. The minimum Gasteiger partial charge on any atom is -0.270 e. The van der Waals surface area contributed by atoms with Gasteiger partial charge in [-0.15, -0.1) is 0 Å². The zero-order valence-corrected chi connectivity index (χ0v) is 13.3. The predicted molar refractivity (Wildman–Crippen MR) is 85.6 cm³/mol. The Morgan fingerprint density at radius 1 is 1.08 bits per heavy atom. The zero-order chi connectivity index (χ0) is 18.1. The molecule has 6 nitrogen and oxygen atoms in total. The summed E-state index contributed by atoms with van der Waals surface area (Å²) >= 11 is 0.390. The molecule has 25 heavy (non-hydrogen) atoms. The standard InChI is InChI=1S/C16H10F2N2O4S/c17-16(18)25-10-6-4-9(5-7-10)8-19-14(21)11-2-1-3-12(20(23)24)13(11)15(19)22/h1-7,16H,8H2. The largest absolute Gasteiger partial charge is 0.288 e. The predicted octanol–water partition coefficient (Wildman–Crippen LogP) is 3.71. The van der Waals surface area contributed by atoms with E-state index in [1.807, 2.05) is 0 Å². The number of benzene rings is 2. The molecule has 3 rings (SSSR count). The lowest BCUT2D eigenvalue weighted by Gasteiger charge is -2.14. The summed E-state index contributed by atoms with van der Waals surface area (Å²) in [6.07, 6.45) is 0. The molecule has 0 aromatic heterocycles.